The van der Waals surface area contributed by atoms with Crippen molar-refractivity contribution >= 4 is 29.1 Å². The molecule has 5 heteroatoms. The van der Waals surface area contributed by atoms with Crippen molar-refractivity contribution in [2.45, 2.75) is 6.42 Å². The molecule has 0 aromatic heterocycles. The summed E-state index contributed by atoms with van der Waals surface area (Å²) in [5, 5.41) is 3.14. The number of carbonyl (C=O) groups excluding carboxylic acids is 2. The first-order valence-electron chi connectivity index (χ1n) is 5.42. The zero-order valence-corrected chi connectivity index (χ0v) is 10.2. The second kappa shape index (κ2) is 4.75. The van der Waals surface area contributed by atoms with Crippen LogP contribution >= 0.6 is 11.6 Å². The number of carbonyl (C=O) groups is 2. The van der Waals surface area contributed by atoms with Gasteiger partial charge in [-0.3, -0.25) is 9.59 Å². The van der Waals surface area contributed by atoms with E-state index in [0.29, 0.717) is 18.0 Å². The van der Waals surface area contributed by atoms with Gasteiger partial charge in [0.1, 0.15) is 5.92 Å². The summed E-state index contributed by atoms with van der Waals surface area (Å²) >= 11 is 5.79. The van der Waals surface area contributed by atoms with Crippen LogP contribution < -0.4 is 10.2 Å². The summed E-state index contributed by atoms with van der Waals surface area (Å²) in [5.41, 5.74) is 0.783. The molecule has 1 aromatic carbocycles. The number of nitrogens with zero attached hydrogens (tertiary/aromatic N) is 1. The Balaban J connectivity index is 2.17. The quantitative estimate of drug-likeness (QED) is 0.810. The maximum absolute atomic E-state index is 12.0. The van der Waals surface area contributed by atoms with Crippen LogP contribution in [0.2, 0.25) is 5.02 Å². The molecule has 90 valence electrons. The third kappa shape index (κ3) is 2.26. The van der Waals surface area contributed by atoms with Crippen molar-refractivity contribution in [3.05, 3.63) is 29.3 Å². The molecule has 0 unspecified atom stereocenters. The minimum absolute atomic E-state index is 0.147. The summed E-state index contributed by atoms with van der Waals surface area (Å²) in [4.78, 5) is 25.1. The number of nitrogens with one attached hydrogen (secondary N) is 1. The highest BCUT2D eigenvalue weighted by molar-refractivity contribution is 6.30. The number of amides is 2. The van der Waals surface area contributed by atoms with Crippen molar-refractivity contribution in [3.8, 4) is 0 Å². The van der Waals surface area contributed by atoms with E-state index in [2.05, 4.69) is 5.32 Å². The lowest BCUT2D eigenvalue weighted by molar-refractivity contribution is -0.131. The van der Waals surface area contributed by atoms with Crippen molar-refractivity contribution < 1.29 is 9.59 Å². The summed E-state index contributed by atoms with van der Waals surface area (Å²) in [7, 11) is 1.54. The van der Waals surface area contributed by atoms with Gasteiger partial charge in [-0.25, -0.2) is 0 Å². The normalized spacial score (nSPS) is 19.5. The molecular formula is C12H13ClN2O2. The van der Waals surface area contributed by atoms with Gasteiger partial charge in [0.05, 0.1) is 0 Å². The molecule has 0 saturated carbocycles. The van der Waals surface area contributed by atoms with Gasteiger partial charge in [-0.2, -0.15) is 0 Å². The fourth-order valence-electron chi connectivity index (χ4n) is 1.97. The highest BCUT2D eigenvalue weighted by Crippen LogP contribution is 2.26. The average molecular weight is 253 g/mol. The Morgan fingerprint density at radius 3 is 2.65 bits per heavy atom. The van der Waals surface area contributed by atoms with E-state index >= 15 is 0 Å². The third-order valence-electron chi connectivity index (χ3n) is 2.91. The third-order valence-corrected chi connectivity index (χ3v) is 3.16. The first-order chi connectivity index (χ1) is 8.13. The fourth-order valence-corrected chi connectivity index (χ4v) is 2.10. The monoisotopic (exact) mass is 252 g/mol. The van der Waals surface area contributed by atoms with Crippen LogP contribution in [0.1, 0.15) is 6.42 Å². The molecule has 1 atom stereocenters. The smallest absolute Gasteiger partial charge is 0.239 e. The maximum Gasteiger partial charge on any atom is 0.239 e. The molecule has 17 heavy (non-hydrogen) atoms. The summed E-state index contributed by atoms with van der Waals surface area (Å²) < 4.78 is 0. The molecule has 1 aliphatic heterocycles. The summed E-state index contributed by atoms with van der Waals surface area (Å²) in [6, 6.07) is 7.04. The average Bonchev–Trinajstić information content (AvgIpc) is 2.71. The highest BCUT2D eigenvalue weighted by Gasteiger charge is 2.36. The Bertz CT molecular complexity index is 444. The molecule has 4 nitrogen and oxygen atoms in total. The maximum atomic E-state index is 12.0. The number of hydrogen-bond donors (Lipinski definition) is 1. The van der Waals surface area contributed by atoms with Crippen LogP contribution in [0.4, 0.5) is 5.69 Å². The van der Waals surface area contributed by atoms with Crippen molar-refractivity contribution in [2.24, 2.45) is 5.92 Å². The van der Waals surface area contributed by atoms with Gasteiger partial charge in [0.25, 0.3) is 0 Å². The Labute approximate surface area is 105 Å². The molecule has 0 aliphatic carbocycles. The first-order valence-corrected chi connectivity index (χ1v) is 5.80. The lowest BCUT2D eigenvalue weighted by Gasteiger charge is -2.16. The molecule has 1 aliphatic rings. The molecule has 1 heterocycles. The van der Waals surface area contributed by atoms with Gasteiger partial charge in [-0.05, 0) is 30.7 Å². The molecule has 1 N–H and O–H groups in total. The Morgan fingerprint density at radius 1 is 1.41 bits per heavy atom. The highest BCUT2D eigenvalue weighted by atomic mass is 35.5. The predicted molar refractivity (Wildman–Crippen MR) is 66.0 cm³/mol. The van der Waals surface area contributed by atoms with Crippen LogP contribution in [-0.2, 0) is 9.59 Å². The van der Waals surface area contributed by atoms with Crippen LogP contribution in [0.5, 0.6) is 0 Å². The first kappa shape index (κ1) is 11.9. The lowest BCUT2D eigenvalue weighted by Crippen LogP contribution is -2.35. The van der Waals surface area contributed by atoms with Gasteiger partial charge in [-0.1, -0.05) is 11.6 Å². The number of halogens is 1. The Hall–Kier alpha value is -1.55. The zero-order chi connectivity index (χ0) is 12.4. The number of rotatable bonds is 2. The molecule has 1 saturated heterocycles. The zero-order valence-electron chi connectivity index (χ0n) is 9.44. The lowest BCUT2D eigenvalue weighted by atomic mass is 10.1. The van der Waals surface area contributed by atoms with Gasteiger partial charge in [-0.15, -0.1) is 0 Å². The minimum atomic E-state index is -0.560. The molecule has 1 aromatic rings. The van der Waals surface area contributed by atoms with Gasteiger partial charge < -0.3 is 10.2 Å². The van der Waals surface area contributed by atoms with Crippen molar-refractivity contribution in [3.63, 3.8) is 0 Å². The molecule has 2 rings (SSSR count). The Kier molecular flexibility index (Phi) is 3.33. The van der Waals surface area contributed by atoms with E-state index in [1.54, 1.807) is 36.2 Å². The minimum Gasteiger partial charge on any atom is -0.358 e. The van der Waals surface area contributed by atoms with E-state index in [0.717, 1.165) is 5.69 Å². The number of benzene rings is 1. The van der Waals surface area contributed by atoms with E-state index in [-0.39, 0.29) is 11.8 Å². The van der Waals surface area contributed by atoms with E-state index < -0.39 is 5.92 Å². The fraction of sp³-hybridized carbons (Fsp3) is 0.333. The molecular weight excluding hydrogens is 240 g/mol. The van der Waals surface area contributed by atoms with Gasteiger partial charge >= 0.3 is 0 Å². The van der Waals surface area contributed by atoms with Crippen LogP contribution in [0.25, 0.3) is 0 Å². The van der Waals surface area contributed by atoms with Crippen LogP contribution in [0.15, 0.2) is 24.3 Å². The summed E-state index contributed by atoms with van der Waals surface area (Å²) in [6.45, 7) is 0.568. The van der Waals surface area contributed by atoms with E-state index in [4.69, 9.17) is 11.6 Å². The van der Waals surface area contributed by atoms with Crippen LogP contribution in [0, 0.1) is 5.92 Å². The summed E-state index contributed by atoms with van der Waals surface area (Å²) in [5.74, 6) is -0.922. The topological polar surface area (TPSA) is 49.4 Å². The van der Waals surface area contributed by atoms with E-state index in [1.165, 1.54) is 0 Å². The number of anilines is 1. The van der Waals surface area contributed by atoms with Gasteiger partial charge in [0, 0.05) is 24.3 Å². The molecule has 0 radical (unpaired) electrons. The molecule has 1 fully saturated rings. The second-order valence-electron chi connectivity index (χ2n) is 3.92. The molecule has 0 bridgehead atoms. The number of hydrogen-bond acceptors (Lipinski definition) is 2. The standard InChI is InChI=1S/C12H13ClN2O2/c1-14-11(16)10-6-7-15(12(10)17)9-4-2-8(13)3-5-9/h2-5,10H,6-7H2,1H3,(H,14,16)/t10-/m0/s1. The molecule has 0 spiro atoms. The van der Waals surface area contributed by atoms with Crippen molar-refractivity contribution in [1.29, 1.82) is 0 Å². The van der Waals surface area contributed by atoms with Crippen LogP contribution in [0.3, 0.4) is 0 Å². The van der Waals surface area contributed by atoms with Gasteiger partial charge in [0.15, 0.2) is 0 Å². The largest absolute Gasteiger partial charge is 0.358 e. The van der Waals surface area contributed by atoms with Gasteiger partial charge in [0.2, 0.25) is 11.8 Å². The summed E-state index contributed by atoms with van der Waals surface area (Å²) in [6.07, 6.45) is 0.557. The SMILES string of the molecule is CNC(=O)[C@@H]1CCN(c2ccc(Cl)cc2)C1=O. The van der Waals surface area contributed by atoms with E-state index in [1.807, 2.05) is 0 Å². The molecule has 2 amide bonds. The second-order valence-corrected chi connectivity index (χ2v) is 4.36. The predicted octanol–water partition coefficient (Wildman–Crippen LogP) is 1.44. The van der Waals surface area contributed by atoms with Crippen molar-refractivity contribution in [1.82, 2.24) is 5.32 Å². The van der Waals surface area contributed by atoms with E-state index in [9.17, 15) is 9.59 Å². The Morgan fingerprint density at radius 2 is 2.06 bits per heavy atom. The van der Waals surface area contributed by atoms with Crippen LogP contribution in [-0.4, -0.2) is 25.4 Å². The van der Waals surface area contributed by atoms with Crippen molar-refractivity contribution in [2.75, 3.05) is 18.5 Å².